The largest absolute Gasteiger partial charge is 0.484 e. The highest BCUT2D eigenvalue weighted by Gasteiger charge is 2.32. The average Bonchev–Trinajstić information content (AvgIpc) is 2.78. The highest BCUT2D eigenvalue weighted by molar-refractivity contribution is 6.30. The molecule has 2 saturated heterocycles. The van der Waals surface area contributed by atoms with Gasteiger partial charge in [0, 0.05) is 56.6 Å². The van der Waals surface area contributed by atoms with Gasteiger partial charge in [0.1, 0.15) is 5.75 Å². The fourth-order valence-electron chi connectivity index (χ4n) is 3.95. The summed E-state index contributed by atoms with van der Waals surface area (Å²) in [5, 5.41) is 0.618. The molecule has 2 aliphatic rings. The maximum atomic E-state index is 12.9. The van der Waals surface area contributed by atoms with E-state index in [-0.39, 0.29) is 30.2 Å². The number of ether oxygens (including phenoxy) is 1. The molecule has 0 spiro atoms. The van der Waals surface area contributed by atoms with Gasteiger partial charge < -0.3 is 19.4 Å². The van der Waals surface area contributed by atoms with Gasteiger partial charge in [-0.3, -0.25) is 14.4 Å². The molecule has 0 saturated carbocycles. The van der Waals surface area contributed by atoms with Crippen LogP contribution in [-0.4, -0.2) is 78.3 Å². The number of carbonyl (C=O) groups excluding carboxylic acids is 3. The molecule has 0 bridgehead atoms. The molecule has 0 atom stereocenters. The van der Waals surface area contributed by atoms with Crippen molar-refractivity contribution in [3.05, 3.63) is 29.3 Å². The Bertz CT molecular complexity index is 739. The van der Waals surface area contributed by atoms with Crippen molar-refractivity contribution in [1.82, 2.24) is 14.7 Å². The molecule has 0 N–H and O–H groups in total. The average molecular weight is 436 g/mol. The minimum absolute atomic E-state index is 0.0221. The van der Waals surface area contributed by atoms with Gasteiger partial charge in [-0.05, 0) is 43.5 Å². The molecule has 0 aromatic heterocycles. The van der Waals surface area contributed by atoms with Crippen LogP contribution in [0.3, 0.4) is 0 Å². The zero-order valence-electron chi connectivity index (χ0n) is 17.5. The SMILES string of the molecule is CCCC(=O)N1CCC(C(=O)N2CCN(C(=O)COc3ccc(Cl)cc3)CC2)CC1. The van der Waals surface area contributed by atoms with Crippen LogP contribution in [0.4, 0.5) is 0 Å². The quantitative estimate of drug-likeness (QED) is 0.688. The lowest BCUT2D eigenvalue weighted by Gasteiger charge is -2.38. The summed E-state index contributed by atoms with van der Waals surface area (Å²) in [5.41, 5.74) is 0. The van der Waals surface area contributed by atoms with Gasteiger partial charge in [-0.2, -0.15) is 0 Å². The van der Waals surface area contributed by atoms with Crippen molar-refractivity contribution < 1.29 is 19.1 Å². The van der Waals surface area contributed by atoms with Crippen LogP contribution in [0.1, 0.15) is 32.6 Å². The topological polar surface area (TPSA) is 70.2 Å². The van der Waals surface area contributed by atoms with Gasteiger partial charge in [0.25, 0.3) is 5.91 Å². The molecule has 3 amide bonds. The third kappa shape index (κ3) is 5.88. The smallest absolute Gasteiger partial charge is 0.260 e. The van der Waals surface area contributed by atoms with Crippen molar-refractivity contribution in [2.24, 2.45) is 5.92 Å². The van der Waals surface area contributed by atoms with Crippen LogP contribution in [0.5, 0.6) is 5.75 Å². The summed E-state index contributed by atoms with van der Waals surface area (Å²) in [6.07, 6.45) is 2.88. The van der Waals surface area contributed by atoms with E-state index in [9.17, 15) is 14.4 Å². The molecular formula is C22H30ClN3O4. The second-order valence-corrected chi connectivity index (χ2v) is 8.29. The van der Waals surface area contributed by atoms with Crippen LogP contribution in [0, 0.1) is 5.92 Å². The summed E-state index contributed by atoms with van der Waals surface area (Å²) in [5.74, 6) is 0.842. The Hall–Kier alpha value is -2.28. The first kappa shape index (κ1) is 22.4. The van der Waals surface area contributed by atoms with Crippen molar-refractivity contribution in [1.29, 1.82) is 0 Å². The number of carbonyl (C=O) groups is 3. The van der Waals surface area contributed by atoms with Crippen molar-refractivity contribution in [3.63, 3.8) is 0 Å². The third-order valence-corrected chi connectivity index (χ3v) is 6.03. The molecule has 0 radical (unpaired) electrons. The molecule has 2 fully saturated rings. The van der Waals surface area contributed by atoms with E-state index < -0.39 is 0 Å². The summed E-state index contributed by atoms with van der Waals surface area (Å²) in [4.78, 5) is 42.7. The lowest BCUT2D eigenvalue weighted by atomic mass is 9.94. The normalized spacial score (nSPS) is 17.7. The first-order chi connectivity index (χ1) is 14.5. The summed E-state index contributed by atoms with van der Waals surface area (Å²) in [6, 6.07) is 6.90. The monoisotopic (exact) mass is 435 g/mol. The zero-order valence-corrected chi connectivity index (χ0v) is 18.3. The summed E-state index contributed by atoms with van der Waals surface area (Å²) in [6.45, 7) is 5.42. The molecule has 7 nitrogen and oxygen atoms in total. The Morgan fingerprint density at radius 3 is 2.07 bits per heavy atom. The predicted octanol–water partition coefficient (Wildman–Crippen LogP) is 2.43. The molecule has 2 heterocycles. The molecule has 2 aliphatic heterocycles. The molecule has 0 aliphatic carbocycles. The first-order valence-electron chi connectivity index (χ1n) is 10.7. The van der Waals surface area contributed by atoms with E-state index in [1.54, 1.807) is 29.2 Å². The van der Waals surface area contributed by atoms with Gasteiger partial charge in [-0.15, -0.1) is 0 Å². The molecule has 8 heteroatoms. The Morgan fingerprint density at radius 1 is 0.900 bits per heavy atom. The van der Waals surface area contributed by atoms with E-state index in [1.165, 1.54) is 0 Å². The second kappa shape index (κ2) is 10.7. The molecule has 3 rings (SSSR count). The van der Waals surface area contributed by atoms with Crippen molar-refractivity contribution in [2.75, 3.05) is 45.9 Å². The van der Waals surface area contributed by atoms with Crippen LogP contribution in [0.15, 0.2) is 24.3 Å². The fourth-order valence-corrected chi connectivity index (χ4v) is 4.08. The Labute approximate surface area is 182 Å². The lowest BCUT2D eigenvalue weighted by Crippen LogP contribution is -2.53. The van der Waals surface area contributed by atoms with Gasteiger partial charge in [0.15, 0.2) is 6.61 Å². The Balaban J connectivity index is 1.39. The number of halogens is 1. The van der Waals surface area contributed by atoms with Gasteiger partial charge >= 0.3 is 0 Å². The van der Waals surface area contributed by atoms with Gasteiger partial charge in [0.05, 0.1) is 0 Å². The van der Waals surface area contributed by atoms with Gasteiger partial charge in [-0.25, -0.2) is 0 Å². The molecule has 164 valence electrons. The fraction of sp³-hybridized carbons (Fsp3) is 0.591. The number of likely N-dealkylation sites (tertiary alicyclic amines) is 1. The van der Waals surface area contributed by atoms with Crippen LogP contribution < -0.4 is 4.74 Å². The van der Waals surface area contributed by atoms with E-state index >= 15 is 0 Å². The maximum Gasteiger partial charge on any atom is 0.260 e. The van der Waals surface area contributed by atoms with Crippen molar-refractivity contribution >= 4 is 29.3 Å². The number of benzene rings is 1. The summed E-state index contributed by atoms with van der Waals surface area (Å²) >= 11 is 5.84. The molecule has 0 unspecified atom stereocenters. The van der Waals surface area contributed by atoms with E-state index in [4.69, 9.17) is 16.3 Å². The molecular weight excluding hydrogens is 406 g/mol. The maximum absolute atomic E-state index is 12.9. The second-order valence-electron chi connectivity index (χ2n) is 7.85. The number of rotatable bonds is 6. The molecule has 1 aromatic rings. The highest BCUT2D eigenvalue weighted by Crippen LogP contribution is 2.21. The minimum atomic E-state index is -0.0835. The van der Waals surface area contributed by atoms with E-state index in [0.29, 0.717) is 56.5 Å². The Kier molecular flexibility index (Phi) is 7.96. The lowest BCUT2D eigenvalue weighted by molar-refractivity contribution is -0.145. The van der Waals surface area contributed by atoms with E-state index in [1.807, 2.05) is 16.7 Å². The predicted molar refractivity (Wildman–Crippen MR) is 114 cm³/mol. The van der Waals surface area contributed by atoms with Crippen LogP contribution in [0.25, 0.3) is 0 Å². The third-order valence-electron chi connectivity index (χ3n) is 5.78. The van der Waals surface area contributed by atoms with E-state index in [0.717, 1.165) is 19.3 Å². The van der Waals surface area contributed by atoms with Crippen LogP contribution >= 0.6 is 11.6 Å². The number of nitrogens with zero attached hydrogens (tertiary/aromatic N) is 3. The van der Waals surface area contributed by atoms with Crippen LogP contribution in [-0.2, 0) is 14.4 Å². The number of amides is 3. The zero-order chi connectivity index (χ0) is 21.5. The number of hydrogen-bond donors (Lipinski definition) is 0. The minimum Gasteiger partial charge on any atom is -0.484 e. The van der Waals surface area contributed by atoms with Gasteiger partial charge in [0.2, 0.25) is 11.8 Å². The molecule has 1 aromatic carbocycles. The van der Waals surface area contributed by atoms with Crippen molar-refractivity contribution in [3.8, 4) is 5.75 Å². The van der Waals surface area contributed by atoms with Crippen molar-refractivity contribution in [2.45, 2.75) is 32.6 Å². The number of piperidine rings is 1. The van der Waals surface area contributed by atoms with Crippen LogP contribution in [0.2, 0.25) is 5.02 Å². The number of piperazine rings is 1. The summed E-state index contributed by atoms with van der Waals surface area (Å²) < 4.78 is 5.53. The van der Waals surface area contributed by atoms with E-state index in [2.05, 4.69) is 0 Å². The molecule has 30 heavy (non-hydrogen) atoms. The standard InChI is InChI=1S/C22H30ClN3O4/c1-2-3-20(27)24-10-8-17(9-11-24)22(29)26-14-12-25(13-15-26)21(28)16-30-19-6-4-18(23)5-7-19/h4-7,17H,2-3,8-16H2,1H3. The highest BCUT2D eigenvalue weighted by atomic mass is 35.5. The number of hydrogen-bond acceptors (Lipinski definition) is 4. The Morgan fingerprint density at radius 2 is 1.47 bits per heavy atom. The van der Waals surface area contributed by atoms with Gasteiger partial charge in [-0.1, -0.05) is 18.5 Å². The first-order valence-corrected chi connectivity index (χ1v) is 11.1. The summed E-state index contributed by atoms with van der Waals surface area (Å²) in [7, 11) is 0.